The van der Waals surface area contributed by atoms with Crippen LogP contribution in [0.5, 0.6) is 11.5 Å². The Balaban J connectivity index is 1.55. The van der Waals surface area contributed by atoms with Crippen molar-refractivity contribution in [3.05, 3.63) is 59.4 Å². The van der Waals surface area contributed by atoms with E-state index in [4.69, 9.17) is 15.3 Å². The first-order chi connectivity index (χ1) is 14.0. The first-order valence-electron chi connectivity index (χ1n) is 8.92. The third-order valence-electron chi connectivity index (χ3n) is 4.14. The van der Waals surface area contributed by atoms with Crippen LogP contribution >= 0.6 is 11.8 Å². The third-order valence-corrected chi connectivity index (χ3v) is 5.09. The molecule has 0 aliphatic rings. The molecule has 3 rings (SSSR count). The number of nitrogens with zero attached hydrogens (tertiary/aromatic N) is 3. The number of hydrogen-bond donors (Lipinski definition) is 2. The quantitative estimate of drug-likeness (QED) is 0.432. The molecule has 1 amide bonds. The molecule has 152 valence electrons. The molecule has 0 saturated carbocycles. The maximum Gasteiger partial charge on any atom is 0.234 e. The zero-order valence-corrected chi connectivity index (χ0v) is 17.3. The molecule has 0 fully saturated rings. The lowest BCUT2D eigenvalue weighted by Gasteiger charge is -2.09. The van der Waals surface area contributed by atoms with Gasteiger partial charge in [-0.2, -0.15) is 0 Å². The molecule has 0 bridgehead atoms. The summed E-state index contributed by atoms with van der Waals surface area (Å²) in [5, 5.41) is 11.4. The number of hydrogen-bond acceptors (Lipinski definition) is 7. The average molecular weight is 414 g/mol. The number of carbonyl (C=O) groups excluding carboxylic acids is 1. The number of nitrogen functional groups attached to an aromatic ring is 1. The molecule has 29 heavy (non-hydrogen) atoms. The van der Waals surface area contributed by atoms with Gasteiger partial charge in [-0.3, -0.25) is 4.79 Å². The Bertz CT molecular complexity index is 1010. The van der Waals surface area contributed by atoms with Crippen LogP contribution in [0.2, 0.25) is 0 Å². The van der Waals surface area contributed by atoms with Crippen LogP contribution in [0.3, 0.4) is 0 Å². The summed E-state index contributed by atoms with van der Waals surface area (Å²) < 4.78 is 12.2. The number of thioether (sulfide) groups is 1. The normalized spacial score (nSPS) is 10.6. The lowest BCUT2D eigenvalue weighted by atomic mass is 10.1. The highest BCUT2D eigenvalue weighted by Gasteiger charge is 2.13. The molecule has 0 unspecified atom stereocenters. The first kappa shape index (κ1) is 20.5. The Kier molecular flexibility index (Phi) is 6.61. The number of nitrogens with two attached hydrogens (primary N) is 1. The maximum atomic E-state index is 12.3. The van der Waals surface area contributed by atoms with Crippen LogP contribution in [0.4, 0.5) is 5.69 Å². The summed E-state index contributed by atoms with van der Waals surface area (Å²) in [6.45, 7) is 4.08. The van der Waals surface area contributed by atoms with Gasteiger partial charge in [0.05, 0.1) is 12.9 Å². The summed E-state index contributed by atoms with van der Waals surface area (Å²) in [5.41, 5.74) is 2.89. The molecule has 0 saturated heterocycles. The molecular formula is C20H23N5O3S. The monoisotopic (exact) mass is 413 g/mol. The number of rotatable bonds is 8. The molecule has 0 atom stereocenters. The van der Waals surface area contributed by atoms with E-state index in [1.807, 2.05) is 50.2 Å². The van der Waals surface area contributed by atoms with Crippen LogP contribution in [0.15, 0.2) is 47.6 Å². The average Bonchev–Trinajstić information content (AvgIpc) is 3.07. The van der Waals surface area contributed by atoms with Gasteiger partial charge in [-0.1, -0.05) is 30.0 Å². The molecule has 3 aromatic rings. The molecule has 0 aliphatic carbocycles. The van der Waals surface area contributed by atoms with Gasteiger partial charge in [-0.25, -0.2) is 4.68 Å². The number of benzene rings is 2. The lowest BCUT2D eigenvalue weighted by Crippen LogP contribution is -2.18. The van der Waals surface area contributed by atoms with E-state index in [9.17, 15) is 4.79 Å². The zero-order chi connectivity index (χ0) is 20.8. The summed E-state index contributed by atoms with van der Waals surface area (Å²) in [5.74, 6) is 7.85. The second kappa shape index (κ2) is 9.33. The molecule has 1 heterocycles. The van der Waals surface area contributed by atoms with E-state index in [1.165, 1.54) is 16.4 Å². The lowest BCUT2D eigenvalue weighted by molar-refractivity contribution is -0.113. The molecule has 9 heteroatoms. The Morgan fingerprint density at radius 3 is 2.76 bits per heavy atom. The first-order valence-corrected chi connectivity index (χ1v) is 9.91. The van der Waals surface area contributed by atoms with Crippen molar-refractivity contribution in [3.8, 4) is 11.5 Å². The molecule has 2 aromatic carbocycles. The van der Waals surface area contributed by atoms with E-state index in [0.717, 1.165) is 16.8 Å². The number of methoxy groups -OCH3 is 1. The highest BCUT2D eigenvalue weighted by molar-refractivity contribution is 7.99. The van der Waals surface area contributed by atoms with Gasteiger partial charge in [0, 0.05) is 11.8 Å². The topological polar surface area (TPSA) is 104 Å². The van der Waals surface area contributed by atoms with Gasteiger partial charge >= 0.3 is 0 Å². The minimum Gasteiger partial charge on any atom is -0.497 e. The minimum atomic E-state index is -0.138. The maximum absolute atomic E-state index is 12.3. The van der Waals surface area contributed by atoms with Crippen molar-refractivity contribution in [1.29, 1.82) is 0 Å². The molecule has 0 aliphatic heterocycles. The van der Waals surface area contributed by atoms with Crippen molar-refractivity contribution in [3.63, 3.8) is 0 Å². The molecular weight excluding hydrogens is 390 g/mol. The van der Waals surface area contributed by atoms with Gasteiger partial charge < -0.3 is 20.6 Å². The van der Waals surface area contributed by atoms with Crippen molar-refractivity contribution >= 4 is 23.4 Å². The number of aromatic nitrogens is 3. The van der Waals surface area contributed by atoms with Crippen LogP contribution in [0, 0.1) is 13.8 Å². The van der Waals surface area contributed by atoms with Crippen LogP contribution < -0.4 is 20.6 Å². The Morgan fingerprint density at radius 1 is 1.17 bits per heavy atom. The van der Waals surface area contributed by atoms with Gasteiger partial charge in [-0.15, -0.1) is 10.2 Å². The van der Waals surface area contributed by atoms with Crippen molar-refractivity contribution in [2.24, 2.45) is 0 Å². The second-order valence-electron chi connectivity index (χ2n) is 6.39. The van der Waals surface area contributed by atoms with E-state index in [-0.39, 0.29) is 18.3 Å². The fourth-order valence-corrected chi connectivity index (χ4v) is 3.21. The third kappa shape index (κ3) is 5.41. The fourth-order valence-electron chi connectivity index (χ4n) is 2.53. The van der Waals surface area contributed by atoms with Crippen LogP contribution in [0.1, 0.15) is 17.0 Å². The Labute approximate surface area is 173 Å². The zero-order valence-electron chi connectivity index (χ0n) is 16.5. The van der Waals surface area contributed by atoms with E-state index in [0.29, 0.717) is 22.5 Å². The van der Waals surface area contributed by atoms with Crippen molar-refractivity contribution in [2.75, 3.05) is 24.0 Å². The second-order valence-corrected chi connectivity index (χ2v) is 7.33. The molecule has 8 nitrogen and oxygen atoms in total. The Hall–Kier alpha value is -3.20. The van der Waals surface area contributed by atoms with Crippen LogP contribution in [-0.4, -0.2) is 33.6 Å². The number of anilines is 1. The van der Waals surface area contributed by atoms with Gasteiger partial charge in [0.1, 0.15) is 18.1 Å². The number of carbonyl (C=O) groups is 1. The van der Waals surface area contributed by atoms with E-state index in [2.05, 4.69) is 15.5 Å². The standard InChI is InChI=1S/C20H23N5O3S/c1-13-7-8-14(2)17(9-13)22-19(26)12-29-20-24-23-18(25(20)21)11-28-16-6-4-5-15(10-16)27-3/h4-10H,11-12,21H2,1-3H3,(H,22,26). The van der Waals surface area contributed by atoms with Gasteiger partial charge in [0.2, 0.25) is 11.1 Å². The Morgan fingerprint density at radius 2 is 1.97 bits per heavy atom. The van der Waals surface area contributed by atoms with Crippen molar-refractivity contribution in [1.82, 2.24) is 14.9 Å². The summed E-state index contributed by atoms with van der Waals surface area (Å²) in [4.78, 5) is 12.3. The van der Waals surface area contributed by atoms with Crippen molar-refractivity contribution in [2.45, 2.75) is 25.6 Å². The number of ether oxygens (including phenoxy) is 2. The molecule has 0 radical (unpaired) electrons. The molecule has 3 N–H and O–H groups in total. The molecule has 0 spiro atoms. The smallest absolute Gasteiger partial charge is 0.234 e. The van der Waals surface area contributed by atoms with Gasteiger partial charge in [0.15, 0.2) is 5.82 Å². The summed E-state index contributed by atoms with van der Waals surface area (Å²) >= 11 is 1.21. The predicted molar refractivity (Wildman–Crippen MR) is 113 cm³/mol. The van der Waals surface area contributed by atoms with Gasteiger partial charge in [-0.05, 0) is 43.2 Å². The predicted octanol–water partition coefficient (Wildman–Crippen LogP) is 2.93. The number of nitrogens with one attached hydrogen (secondary N) is 1. The number of aryl methyl sites for hydroxylation is 2. The van der Waals surface area contributed by atoms with E-state index in [1.54, 1.807) is 13.2 Å². The fraction of sp³-hybridized carbons (Fsp3) is 0.250. The SMILES string of the molecule is COc1cccc(OCc2nnc(SCC(=O)Nc3cc(C)ccc3C)n2N)c1. The van der Waals surface area contributed by atoms with Crippen molar-refractivity contribution < 1.29 is 14.3 Å². The summed E-state index contributed by atoms with van der Waals surface area (Å²) in [7, 11) is 1.59. The summed E-state index contributed by atoms with van der Waals surface area (Å²) in [6.07, 6.45) is 0. The van der Waals surface area contributed by atoms with E-state index >= 15 is 0 Å². The van der Waals surface area contributed by atoms with Gasteiger partial charge in [0.25, 0.3) is 0 Å². The highest BCUT2D eigenvalue weighted by atomic mass is 32.2. The highest BCUT2D eigenvalue weighted by Crippen LogP contribution is 2.21. The minimum absolute atomic E-state index is 0.138. The van der Waals surface area contributed by atoms with Crippen LogP contribution in [0.25, 0.3) is 0 Å². The number of amides is 1. The molecule has 1 aromatic heterocycles. The largest absolute Gasteiger partial charge is 0.497 e. The van der Waals surface area contributed by atoms with E-state index < -0.39 is 0 Å². The summed E-state index contributed by atoms with van der Waals surface area (Å²) in [6, 6.07) is 13.2. The van der Waals surface area contributed by atoms with Crippen LogP contribution in [-0.2, 0) is 11.4 Å².